The van der Waals surface area contributed by atoms with Gasteiger partial charge in [0.05, 0.1) is 6.61 Å². The van der Waals surface area contributed by atoms with Crippen molar-refractivity contribution in [1.82, 2.24) is 20.2 Å². The number of hydrogen-bond donors (Lipinski definition) is 2. The molecule has 1 aromatic carbocycles. The Morgan fingerprint density at radius 1 is 0.941 bits per heavy atom. The van der Waals surface area contributed by atoms with Gasteiger partial charge in [-0.05, 0) is 24.7 Å². The van der Waals surface area contributed by atoms with Crippen LogP contribution in [0.3, 0.4) is 0 Å². The summed E-state index contributed by atoms with van der Waals surface area (Å²) in [6.07, 6.45) is -0.262. The minimum Gasteiger partial charge on any atom is -0.368 e. The van der Waals surface area contributed by atoms with Crippen LogP contribution >= 0.6 is 0 Å². The third-order valence-electron chi connectivity index (χ3n) is 6.97. The van der Waals surface area contributed by atoms with Crippen LogP contribution in [-0.2, 0) is 11.3 Å². The minimum absolute atomic E-state index is 0.262. The zero-order valence-electron chi connectivity index (χ0n) is 19.9. The average Bonchev–Trinajstić information content (AvgIpc) is 2.90. The Labute approximate surface area is 200 Å². The number of ether oxygens (including phenoxy) is 1. The Bertz CT molecular complexity index is 952. The first-order valence-electron chi connectivity index (χ1n) is 12.2. The number of rotatable bonds is 5. The van der Waals surface area contributed by atoms with E-state index in [1.165, 1.54) is 5.69 Å². The predicted octanol–water partition coefficient (Wildman–Crippen LogP) is 0.814. The molecule has 184 valence electrons. The molecule has 3 aliphatic heterocycles. The fourth-order valence-electron chi connectivity index (χ4n) is 4.77. The second kappa shape index (κ2) is 10.4. The molecule has 3 fully saturated rings. The van der Waals surface area contributed by atoms with E-state index >= 15 is 4.39 Å². The first-order chi connectivity index (χ1) is 16.6. The third kappa shape index (κ3) is 4.95. The number of piperazine rings is 2. The number of aromatic nitrogens is 2. The van der Waals surface area contributed by atoms with Gasteiger partial charge < -0.3 is 35.4 Å². The molecule has 0 saturated carbocycles. The van der Waals surface area contributed by atoms with E-state index in [9.17, 15) is 0 Å². The summed E-state index contributed by atoms with van der Waals surface area (Å²) < 4.78 is 21.8. The van der Waals surface area contributed by atoms with E-state index in [-0.39, 0.29) is 11.9 Å². The normalized spacial score (nSPS) is 22.3. The highest BCUT2D eigenvalue weighted by Gasteiger charge is 2.30. The number of nitrogens with one attached hydrogen (secondary N) is 1. The largest absolute Gasteiger partial charge is 0.368 e. The minimum atomic E-state index is -0.321. The molecule has 1 atom stereocenters. The smallest absolute Gasteiger partial charge is 0.208 e. The highest BCUT2D eigenvalue weighted by atomic mass is 19.1. The van der Waals surface area contributed by atoms with Crippen LogP contribution in [0.2, 0.25) is 0 Å². The van der Waals surface area contributed by atoms with E-state index in [0.717, 1.165) is 51.4 Å². The molecular weight excluding hydrogens is 435 g/mol. The van der Waals surface area contributed by atoms with Gasteiger partial charge in [-0.1, -0.05) is 12.1 Å². The Morgan fingerprint density at radius 3 is 2.09 bits per heavy atom. The standard InChI is InChI=1S/C24H35FN8O/c1-30-7-9-32(10-8-30)23-21(25)24(29-22(28-23)20-17-27-6-15-34-20)33-13-11-31(12-14-33)19-4-2-18(16-26)3-5-19/h2-5,20,27H,6-17,26H2,1H3. The van der Waals surface area contributed by atoms with Crippen LogP contribution in [0.1, 0.15) is 17.5 Å². The molecule has 0 amide bonds. The summed E-state index contributed by atoms with van der Waals surface area (Å²) in [5, 5.41) is 3.34. The molecule has 9 nitrogen and oxygen atoms in total. The maximum atomic E-state index is 15.9. The van der Waals surface area contributed by atoms with Gasteiger partial charge in [-0.25, -0.2) is 9.97 Å². The number of anilines is 3. The lowest BCUT2D eigenvalue weighted by Gasteiger charge is -2.38. The van der Waals surface area contributed by atoms with Crippen molar-refractivity contribution in [3.05, 3.63) is 41.5 Å². The van der Waals surface area contributed by atoms with Gasteiger partial charge in [0.2, 0.25) is 5.82 Å². The van der Waals surface area contributed by atoms with Crippen molar-refractivity contribution in [2.24, 2.45) is 5.73 Å². The van der Waals surface area contributed by atoms with Crippen LogP contribution in [0.4, 0.5) is 21.7 Å². The fourth-order valence-corrected chi connectivity index (χ4v) is 4.77. The molecule has 0 radical (unpaired) electrons. The molecule has 10 heteroatoms. The number of morpholine rings is 1. The number of nitrogens with zero attached hydrogens (tertiary/aromatic N) is 6. The molecule has 4 heterocycles. The van der Waals surface area contributed by atoms with Gasteiger partial charge >= 0.3 is 0 Å². The van der Waals surface area contributed by atoms with Crippen LogP contribution in [0.25, 0.3) is 0 Å². The van der Waals surface area contributed by atoms with Crippen LogP contribution in [0, 0.1) is 5.82 Å². The van der Waals surface area contributed by atoms with Gasteiger partial charge in [-0.2, -0.15) is 4.39 Å². The highest BCUT2D eigenvalue weighted by molar-refractivity contribution is 5.56. The Kier molecular flexibility index (Phi) is 7.10. The van der Waals surface area contributed by atoms with E-state index in [0.29, 0.717) is 50.2 Å². The molecule has 3 aliphatic rings. The van der Waals surface area contributed by atoms with Crippen molar-refractivity contribution in [2.45, 2.75) is 12.6 Å². The lowest BCUT2D eigenvalue weighted by molar-refractivity contribution is 0.0221. The highest BCUT2D eigenvalue weighted by Crippen LogP contribution is 2.30. The molecule has 0 bridgehead atoms. The molecule has 2 aromatic rings. The van der Waals surface area contributed by atoms with Crippen molar-refractivity contribution >= 4 is 17.3 Å². The second-order valence-corrected chi connectivity index (χ2v) is 9.24. The van der Waals surface area contributed by atoms with Crippen molar-refractivity contribution in [3.8, 4) is 0 Å². The zero-order valence-corrected chi connectivity index (χ0v) is 19.9. The third-order valence-corrected chi connectivity index (χ3v) is 6.97. The predicted molar refractivity (Wildman–Crippen MR) is 132 cm³/mol. The topological polar surface area (TPSA) is 86.0 Å². The molecule has 0 spiro atoms. The average molecular weight is 471 g/mol. The first-order valence-corrected chi connectivity index (χ1v) is 12.2. The number of nitrogens with two attached hydrogens (primary N) is 1. The van der Waals surface area contributed by atoms with Crippen molar-refractivity contribution in [1.29, 1.82) is 0 Å². The molecule has 3 saturated heterocycles. The Balaban J connectivity index is 1.38. The van der Waals surface area contributed by atoms with Crippen LogP contribution in [0.15, 0.2) is 24.3 Å². The Hall–Kier alpha value is -2.53. The van der Waals surface area contributed by atoms with Crippen LogP contribution < -0.4 is 25.8 Å². The van der Waals surface area contributed by atoms with Crippen LogP contribution in [0.5, 0.6) is 0 Å². The summed E-state index contributed by atoms with van der Waals surface area (Å²) in [5.74, 6) is 1.04. The molecule has 1 aromatic heterocycles. The van der Waals surface area contributed by atoms with Crippen molar-refractivity contribution < 1.29 is 9.13 Å². The fraction of sp³-hybridized carbons (Fsp3) is 0.583. The summed E-state index contributed by atoms with van der Waals surface area (Å²) >= 11 is 0. The van der Waals surface area contributed by atoms with E-state index < -0.39 is 0 Å². The van der Waals surface area contributed by atoms with Gasteiger partial charge in [0.15, 0.2) is 17.5 Å². The monoisotopic (exact) mass is 470 g/mol. The van der Waals surface area contributed by atoms with Gasteiger partial charge in [-0.15, -0.1) is 0 Å². The number of hydrogen-bond acceptors (Lipinski definition) is 9. The lowest BCUT2D eigenvalue weighted by atomic mass is 10.2. The molecule has 1 unspecified atom stereocenters. The molecule has 34 heavy (non-hydrogen) atoms. The van der Waals surface area contributed by atoms with Gasteiger partial charge in [-0.3, -0.25) is 0 Å². The molecular formula is C24H35FN8O. The van der Waals surface area contributed by atoms with Crippen LogP contribution in [-0.4, -0.2) is 94.0 Å². The first kappa shape index (κ1) is 23.2. The summed E-state index contributed by atoms with van der Waals surface area (Å²) in [7, 11) is 2.09. The zero-order chi connectivity index (χ0) is 23.5. The molecule has 3 N–H and O–H groups in total. The van der Waals surface area contributed by atoms with Gasteiger partial charge in [0, 0.05) is 77.7 Å². The van der Waals surface area contributed by atoms with Crippen molar-refractivity contribution in [3.63, 3.8) is 0 Å². The second-order valence-electron chi connectivity index (χ2n) is 9.24. The summed E-state index contributed by atoms with van der Waals surface area (Å²) in [6.45, 7) is 8.84. The maximum absolute atomic E-state index is 15.9. The SMILES string of the molecule is CN1CCN(c2nc(C3CNCCO3)nc(N3CCN(c4ccc(CN)cc4)CC3)c2F)CC1. The number of benzene rings is 1. The maximum Gasteiger partial charge on any atom is 0.208 e. The van der Waals surface area contributed by atoms with E-state index in [1.807, 2.05) is 0 Å². The van der Waals surface area contributed by atoms with Gasteiger partial charge in [0.1, 0.15) is 6.10 Å². The van der Waals surface area contributed by atoms with Crippen molar-refractivity contribution in [2.75, 3.05) is 93.8 Å². The number of halogens is 1. The molecule has 5 rings (SSSR count). The van der Waals surface area contributed by atoms with Gasteiger partial charge in [0.25, 0.3) is 0 Å². The van der Waals surface area contributed by atoms with E-state index in [2.05, 4.69) is 61.2 Å². The Morgan fingerprint density at radius 2 is 1.53 bits per heavy atom. The number of likely N-dealkylation sites (N-methyl/N-ethyl adjacent to an activating group) is 1. The summed E-state index contributed by atoms with van der Waals surface area (Å²) in [4.78, 5) is 18.1. The lowest BCUT2D eigenvalue weighted by Crippen LogP contribution is -2.48. The summed E-state index contributed by atoms with van der Waals surface area (Å²) in [6, 6.07) is 8.36. The molecule has 0 aliphatic carbocycles. The van der Waals surface area contributed by atoms with E-state index in [1.54, 1.807) is 0 Å². The quantitative estimate of drug-likeness (QED) is 0.659. The summed E-state index contributed by atoms with van der Waals surface area (Å²) in [5.41, 5.74) is 8.01. The van der Waals surface area contributed by atoms with E-state index in [4.69, 9.17) is 15.5 Å².